The third kappa shape index (κ3) is 2.19. The molecule has 1 aromatic carbocycles. The second kappa shape index (κ2) is 5.31. The van der Waals surface area contributed by atoms with Crippen molar-refractivity contribution in [1.82, 2.24) is 0 Å². The molecule has 1 spiro atoms. The van der Waals surface area contributed by atoms with Gasteiger partial charge >= 0.3 is 0 Å². The summed E-state index contributed by atoms with van der Waals surface area (Å²) in [6, 6.07) is 7.65. The summed E-state index contributed by atoms with van der Waals surface area (Å²) in [6.45, 7) is 2.99. The van der Waals surface area contributed by atoms with Gasteiger partial charge in [-0.2, -0.15) is 0 Å². The number of nitrogens with one attached hydrogen (secondary N) is 1. The van der Waals surface area contributed by atoms with Crippen LogP contribution in [0.4, 0.5) is 5.69 Å². The van der Waals surface area contributed by atoms with Crippen LogP contribution < -0.4 is 5.32 Å². The van der Waals surface area contributed by atoms with Crippen LogP contribution in [0.25, 0.3) is 0 Å². The molecule has 0 radical (unpaired) electrons. The molecule has 2 fully saturated rings. The summed E-state index contributed by atoms with van der Waals surface area (Å²) in [6.07, 6.45) is 11.0. The molecule has 114 valence electrons. The fourth-order valence-corrected chi connectivity index (χ4v) is 4.95. The van der Waals surface area contributed by atoms with Gasteiger partial charge in [-0.1, -0.05) is 18.9 Å². The summed E-state index contributed by atoms with van der Waals surface area (Å²) in [5.41, 5.74) is 4.90. The van der Waals surface area contributed by atoms with Crippen LogP contribution in [0.2, 0.25) is 0 Å². The first-order valence-corrected chi connectivity index (χ1v) is 8.82. The van der Waals surface area contributed by atoms with Gasteiger partial charge in [0.05, 0.1) is 6.10 Å². The average Bonchev–Trinajstić information content (AvgIpc) is 3.16. The lowest BCUT2D eigenvalue weighted by Crippen LogP contribution is -2.60. The largest absolute Gasteiger partial charge is 0.382 e. The Kier molecular flexibility index (Phi) is 3.45. The Morgan fingerprint density at radius 2 is 1.95 bits per heavy atom. The number of benzene rings is 1. The standard InChI is InChI=1S/C19H27NO/c1-2-21-18-13-17(19(18)10-3-4-11-19)20-16-9-8-14-6-5-7-15(14)12-16/h8-9,12,17-18,20H,2-7,10-11,13H2,1H3. The van der Waals surface area contributed by atoms with Crippen LogP contribution in [0.5, 0.6) is 0 Å². The first-order valence-electron chi connectivity index (χ1n) is 8.82. The van der Waals surface area contributed by atoms with Crippen LogP contribution in [0.15, 0.2) is 18.2 Å². The maximum Gasteiger partial charge on any atom is 0.0670 e. The Morgan fingerprint density at radius 3 is 2.76 bits per heavy atom. The fraction of sp³-hybridized carbons (Fsp3) is 0.684. The normalized spacial score (nSPS) is 29.4. The zero-order valence-corrected chi connectivity index (χ0v) is 13.2. The Balaban J connectivity index is 1.49. The maximum atomic E-state index is 6.02. The molecule has 2 nitrogen and oxygen atoms in total. The predicted molar refractivity (Wildman–Crippen MR) is 86.8 cm³/mol. The lowest BCUT2D eigenvalue weighted by atomic mass is 9.60. The number of fused-ring (bicyclic) bond motifs is 1. The van der Waals surface area contributed by atoms with E-state index in [1.807, 2.05) is 0 Å². The number of ether oxygens (including phenoxy) is 1. The zero-order chi connectivity index (χ0) is 14.3. The van der Waals surface area contributed by atoms with E-state index in [9.17, 15) is 0 Å². The number of aryl methyl sites for hydroxylation is 2. The summed E-state index contributed by atoms with van der Waals surface area (Å²) in [5, 5.41) is 3.85. The van der Waals surface area contributed by atoms with Crippen LogP contribution in [0, 0.1) is 5.41 Å². The second-order valence-electron chi connectivity index (χ2n) is 7.15. The molecule has 4 rings (SSSR count). The first kappa shape index (κ1) is 13.6. The van der Waals surface area contributed by atoms with Gasteiger partial charge in [-0.15, -0.1) is 0 Å². The highest BCUT2D eigenvalue weighted by Gasteiger charge is 2.56. The third-order valence-electron chi connectivity index (χ3n) is 6.13. The molecule has 0 heterocycles. The van der Waals surface area contributed by atoms with Crippen LogP contribution in [-0.4, -0.2) is 18.8 Å². The van der Waals surface area contributed by atoms with Gasteiger partial charge in [-0.25, -0.2) is 0 Å². The van der Waals surface area contributed by atoms with E-state index in [0.717, 1.165) is 6.61 Å². The number of hydrogen-bond donors (Lipinski definition) is 1. The van der Waals surface area contributed by atoms with E-state index in [-0.39, 0.29) is 0 Å². The van der Waals surface area contributed by atoms with Gasteiger partial charge in [0.2, 0.25) is 0 Å². The molecular weight excluding hydrogens is 258 g/mol. The Hall–Kier alpha value is -1.02. The highest BCUT2D eigenvalue weighted by atomic mass is 16.5. The van der Waals surface area contributed by atoms with Gasteiger partial charge in [-0.05, 0) is 68.7 Å². The monoisotopic (exact) mass is 285 g/mol. The SMILES string of the molecule is CCOC1CC(Nc2ccc3c(c2)CCC3)C12CCCC2. The first-order chi connectivity index (χ1) is 10.3. The van der Waals surface area contributed by atoms with Crippen molar-refractivity contribution < 1.29 is 4.74 Å². The van der Waals surface area contributed by atoms with Gasteiger partial charge in [0.1, 0.15) is 0 Å². The molecular formula is C19H27NO. The summed E-state index contributed by atoms with van der Waals surface area (Å²) in [4.78, 5) is 0. The number of hydrogen-bond acceptors (Lipinski definition) is 2. The molecule has 2 saturated carbocycles. The van der Waals surface area contributed by atoms with Gasteiger partial charge in [0.15, 0.2) is 0 Å². The van der Waals surface area contributed by atoms with Crippen molar-refractivity contribution in [2.24, 2.45) is 5.41 Å². The summed E-state index contributed by atoms with van der Waals surface area (Å²) in [5.74, 6) is 0. The minimum atomic E-state index is 0.426. The van der Waals surface area contributed by atoms with Gasteiger partial charge in [0.25, 0.3) is 0 Å². The predicted octanol–water partition coefficient (Wildman–Crippen LogP) is 4.33. The van der Waals surface area contributed by atoms with Gasteiger partial charge in [0, 0.05) is 23.8 Å². The van der Waals surface area contributed by atoms with Crippen molar-refractivity contribution in [3.63, 3.8) is 0 Å². The molecule has 0 amide bonds. The average molecular weight is 285 g/mol. The Labute approximate surface area is 128 Å². The van der Waals surface area contributed by atoms with E-state index in [1.54, 1.807) is 11.1 Å². The van der Waals surface area contributed by atoms with Crippen molar-refractivity contribution in [2.45, 2.75) is 70.4 Å². The van der Waals surface area contributed by atoms with Crippen molar-refractivity contribution in [3.8, 4) is 0 Å². The molecule has 0 saturated heterocycles. The molecule has 0 bridgehead atoms. The highest BCUT2D eigenvalue weighted by molar-refractivity contribution is 5.51. The molecule has 21 heavy (non-hydrogen) atoms. The van der Waals surface area contributed by atoms with Crippen LogP contribution in [0.1, 0.15) is 56.6 Å². The lowest BCUT2D eigenvalue weighted by Gasteiger charge is -2.54. The number of anilines is 1. The molecule has 1 aromatic rings. The smallest absolute Gasteiger partial charge is 0.0670 e. The quantitative estimate of drug-likeness (QED) is 0.889. The lowest BCUT2D eigenvalue weighted by molar-refractivity contribution is -0.114. The van der Waals surface area contributed by atoms with Crippen molar-refractivity contribution >= 4 is 5.69 Å². The second-order valence-corrected chi connectivity index (χ2v) is 7.15. The molecule has 0 aliphatic heterocycles. The molecule has 0 aromatic heterocycles. The van der Waals surface area contributed by atoms with E-state index in [4.69, 9.17) is 4.74 Å². The molecule has 2 heteroatoms. The van der Waals surface area contributed by atoms with Crippen LogP contribution in [0.3, 0.4) is 0 Å². The summed E-state index contributed by atoms with van der Waals surface area (Å²) < 4.78 is 6.02. The molecule has 2 unspecified atom stereocenters. The van der Waals surface area contributed by atoms with Gasteiger partial charge < -0.3 is 10.1 Å². The Bertz CT molecular complexity index is 518. The number of rotatable bonds is 4. The van der Waals surface area contributed by atoms with Crippen LogP contribution in [-0.2, 0) is 17.6 Å². The molecule has 1 N–H and O–H groups in total. The van der Waals surface area contributed by atoms with Crippen molar-refractivity contribution in [1.29, 1.82) is 0 Å². The topological polar surface area (TPSA) is 21.3 Å². The highest BCUT2D eigenvalue weighted by Crippen LogP contribution is 2.55. The molecule has 2 atom stereocenters. The molecule has 3 aliphatic carbocycles. The maximum absolute atomic E-state index is 6.02. The van der Waals surface area contributed by atoms with E-state index in [0.29, 0.717) is 17.6 Å². The van der Waals surface area contributed by atoms with E-state index >= 15 is 0 Å². The van der Waals surface area contributed by atoms with Crippen molar-refractivity contribution in [3.05, 3.63) is 29.3 Å². The van der Waals surface area contributed by atoms with E-state index in [1.165, 1.54) is 57.1 Å². The minimum absolute atomic E-state index is 0.426. The Morgan fingerprint density at radius 1 is 1.14 bits per heavy atom. The van der Waals surface area contributed by atoms with Gasteiger partial charge in [-0.3, -0.25) is 0 Å². The van der Waals surface area contributed by atoms with E-state index in [2.05, 4.69) is 30.4 Å². The van der Waals surface area contributed by atoms with Crippen LogP contribution >= 0.6 is 0 Å². The summed E-state index contributed by atoms with van der Waals surface area (Å²) in [7, 11) is 0. The molecule has 3 aliphatic rings. The van der Waals surface area contributed by atoms with Crippen molar-refractivity contribution in [2.75, 3.05) is 11.9 Å². The third-order valence-corrected chi connectivity index (χ3v) is 6.13. The zero-order valence-electron chi connectivity index (χ0n) is 13.2. The summed E-state index contributed by atoms with van der Waals surface area (Å²) >= 11 is 0. The minimum Gasteiger partial charge on any atom is -0.382 e. The fourth-order valence-electron chi connectivity index (χ4n) is 4.95. The van der Waals surface area contributed by atoms with E-state index < -0.39 is 0 Å².